The Hall–Kier alpha value is -4.89. The predicted octanol–water partition coefficient (Wildman–Crippen LogP) is -2.48. The van der Waals surface area contributed by atoms with Crippen LogP contribution in [0.1, 0.15) is 92.9 Å². The highest BCUT2D eigenvalue weighted by atomic mass is 16.4. The third-order valence-electron chi connectivity index (χ3n) is 8.94. The van der Waals surface area contributed by atoms with E-state index in [2.05, 4.69) is 31.9 Å². The first-order valence-corrected chi connectivity index (χ1v) is 18.7. The zero-order valence-electron chi connectivity index (χ0n) is 33.0. The summed E-state index contributed by atoms with van der Waals surface area (Å²) in [6.07, 6.45) is -0.736. The maximum atomic E-state index is 13.7. The molecule has 56 heavy (non-hydrogen) atoms. The van der Waals surface area contributed by atoms with E-state index in [9.17, 15) is 58.5 Å². The molecule has 0 radical (unpaired) electrons. The Balaban J connectivity index is 6.38. The molecule has 0 bridgehead atoms. The minimum atomic E-state index is -1.53. The standard InChI is InChI=1S/C35H62N8O13/c1-7-19(6)28(43-32(52)23(12-14-25(47)48)38-29(49)20(37)16-44)34(54)41-26(17(2)3)33(53)40-22(11-13-24(45)46)30(50)39-21(10-8-9-15-36)31(51)42-27(18(4)5)35(55)56/h17-23,26-28,44H,7-16,36-37H2,1-6H3,(H,38,49)(H,39,50)(H,40,53)(H,41,54)(H,42,51)(H,43,52)(H,45,46)(H,47,48)(H,55,56)/t19-,20-,21-,22-,23-,26-,27-,28-/m0/s1. The number of aliphatic hydroxyl groups is 1. The lowest BCUT2D eigenvalue weighted by atomic mass is 9.95. The molecule has 0 rings (SSSR count). The topological polar surface area (TPSA) is 359 Å². The van der Waals surface area contributed by atoms with Crippen molar-refractivity contribution in [3.8, 4) is 0 Å². The Kier molecular flexibility index (Phi) is 23.8. The van der Waals surface area contributed by atoms with E-state index in [1.807, 2.05) is 0 Å². The van der Waals surface area contributed by atoms with Gasteiger partial charge in [-0.25, -0.2) is 4.79 Å². The number of hydrogen-bond donors (Lipinski definition) is 12. The summed E-state index contributed by atoms with van der Waals surface area (Å²) in [6.45, 7) is 9.15. The average Bonchev–Trinajstić information content (AvgIpc) is 3.12. The number of nitrogens with one attached hydrogen (secondary N) is 6. The number of rotatable bonds is 28. The van der Waals surface area contributed by atoms with E-state index in [4.69, 9.17) is 16.6 Å². The Morgan fingerprint density at radius 3 is 1.34 bits per heavy atom. The SMILES string of the molecule is CC[C@H](C)[C@H](NC(=O)[C@H](CCC(=O)O)NC(=O)[C@@H](N)CO)C(=O)N[C@H](C(=O)N[C@@H](CCC(=O)O)C(=O)N[C@@H](CCCCN)C(=O)N[C@H](C(=O)O)C(C)C)C(C)C. The van der Waals surface area contributed by atoms with Crippen molar-refractivity contribution in [1.29, 1.82) is 0 Å². The van der Waals surface area contributed by atoms with Crippen LogP contribution in [0.2, 0.25) is 0 Å². The van der Waals surface area contributed by atoms with Gasteiger partial charge in [-0.3, -0.25) is 38.4 Å². The first kappa shape index (κ1) is 51.1. The molecule has 21 heteroatoms. The second-order valence-electron chi connectivity index (χ2n) is 14.3. The normalized spacial score (nSPS) is 15.5. The number of aliphatic hydroxyl groups excluding tert-OH is 1. The third-order valence-corrected chi connectivity index (χ3v) is 8.94. The second-order valence-corrected chi connectivity index (χ2v) is 14.3. The first-order chi connectivity index (χ1) is 26.1. The number of carbonyl (C=O) groups excluding carboxylic acids is 6. The van der Waals surface area contributed by atoms with Crippen LogP contribution in [0.5, 0.6) is 0 Å². The number of carboxylic acids is 3. The molecule has 0 unspecified atom stereocenters. The van der Waals surface area contributed by atoms with Crippen molar-refractivity contribution >= 4 is 53.4 Å². The molecular formula is C35H62N8O13. The molecular weight excluding hydrogens is 740 g/mol. The predicted molar refractivity (Wildman–Crippen MR) is 200 cm³/mol. The molecule has 0 spiro atoms. The second kappa shape index (κ2) is 26.1. The van der Waals surface area contributed by atoms with Gasteiger partial charge in [0.15, 0.2) is 0 Å². The minimum Gasteiger partial charge on any atom is -0.481 e. The molecule has 0 aromatic carbocycles. The van der Waals surface area contributed by atoms with Crippen molar-refractivity contribution in [2.45, 2.75) is 135 Å². The van der Waals surface area contributed by atoms with E-state index < -0.39 is 139 Å². The third kappa shape index (κ3) is 18.6. The molecule has 14 N–H and O–H groups in total. The molecule has 0 aromatic heterocycles. The highest BCUT2D eigenvalue weighted by molar-refractivity contribution is 5.97. The van der Waals surface area contributed by atoms with E-state index in [1.165, 1.54) is 0 Å². The average molecular weight is 803 g/mol. The Morgan fingerprint density at radius 2 is 0.929 bits per heavy atom. The van der Waals surface area contributed by atoms with Crippen molar-refractivity contribution in [2.75, 3.05) is 13.2 Å². The van der Waals surface area contributed by atoms with Gasteiger partial charge >= 0.3 is 17.9 Å². The summed E-state index contributed by atoms with van der Waals surface area (Å²) in [7, 11) is 0. The van der Waals surface area contributed by atoms with Gasteiger partial charge in [-0.1, -0.05) is 48.0 Å². The molecule has 21 nitrogen and oxygen atoms in total. The lowest BCUT2D eigenvalue weighted by Crippen LogP contribution is -2.61. The minimum absolute atomic E-state index is 0.0429. The highest BCUT2D eigenvalue weighted by Crippen LogP contribution is 2.13. The molecule has 0 saturated heterocycles. The molecule has 0 heterocycles. The van der Waals surface area contributed by atoms with Gasteiger partial charge < -0.3 is 63.8 Å². The maximum absolute atomic E-state index is 13.7. The summed E-state index contributed by atoms with van der Waals surface area (Å²) in [4.78, 5) is 114. The summed E-state index contributed by atoms with van der Waals surface area (Å²) < 4.78 is 0. The number of hydrogen-bond acceptors (Lipinski definition) is 12. The Morgan fingerprint density at radius 1 is 0.536 bits per heavy atom. The van der Waals surface area contributed by atoms with Crippen molar-refractivity contribution in [1.82, 2.24) is 31.9 Å². The van der Waals surface area contributed by atoms with Gasteiger partial charge in [0.25, 0.3) is 0 Å². The fourth-order valence-corrected chi connectivity index (χ4v) is 5.23. The van der Waals surface area contributed by atoms with Gasteiger partial charge in [0, 0.05) is 12.8 Å². The van der Waals surface area contributed by atoms with Crippen LogP contribution in [0.25, 0.3) is 0 Å². The molecule has 8 atom stereocenters. The smallest absolute Gasteiger partial charge is 0.326 e. The van der Waals surface area contributed by atoms with Crippen molar-refractivity contribution < 1.29 is 63.6 Å². The van der Waals surface area contributed by atoms with Crippen LogP contribution >= 0.6 is 0 Å². The summed E-state index contributed by atoms with van der Waals surface area (Å²) in [5, 5.41) is 52.0. The molecule has 0 aliphatic heterocycles. The van der Waals surface area contributed by atoms with E-state index in [0.29, 0.717) is 19.3 Å². The zero-order valence-corrected chi connectivity index (χ0v) is 33.0. The van der Waals surface area contributed by atoms with Gasteiger partial charge in [0.1, 0.15) is 42.3 Å². The van der Waals surface area contributed by atoms with Crippen LogP contribution in [-0.4, -0.2) is 129 Å². The van der Waals surface area contributed by atoms with Gasteiger partial charge in [0.05, 0.1) is 6.61 Å². The number of unbranched alkanes of at least 4 members (excludes halogenated alkanes) is 1. The summed E-state index contributed by atoms with van der Waals surface area (Å²) in [6, 6.07) is -9.64. The fraction of sp³-hybridized carbons (Fsp3) is 0.743. The Labute approximate surface area is 326 Å². The number of carbonyl (C=O) groups is 9. The summed E-state index contributed by atoms with van der Waals surface area (Å²) >= 11 is 0. The van der Waals surface area contributed by atoms with Gasteiger partial charge in [-0.05, 0) is 56.4 Å². The van der Waals surface area contributed by atoms with E-state index in [0.717, 1.165) is 0 Å². The monoisotopic (exact) mass is 802 g/mol. The van der Waals surface area contributed by atoms with Crippen LogP contribution in [0.15, 0.2) is 0 Å². The molecule has 320 valence electrons. The van der Waals surface area contributed by atoms with E-state index in [1.54, 1.807) is 41.5 Å². The van der Waals surface area contributed by atoms with Crippen LogP contribution in [0.4, 0.5) is 0 Å². The molecule has 0 fully saturated rings. The van der Waals surface area contributed by atoms with Crippen LogP contribution in [0, 0.1) is 17.8 Å². The van der Waals surface area contributed by atoms with E-state index in [-0.39, 0.29) is 19.4 Å². The van der Waals surface area contributed by atoms with E-state index >= 15 is 0 Å². The van der Waals surface area contributed by atoms with Gasteiger partial charge in [-0.2, -0.15) is 0 Å². The molecule has 0 saturated carbocycles. The summed E-state index contributed by atoms with van der Waals surface area (Å²) in [5.41, 5.74) is 11.1. The number of aliphatic carboxylic acids is 3. The van der Waals surface area contributed by atoms with Crippen molar-refractivity contribution in [3.63, 3.8) is 0 Å². The molecule has 6 amide bonds. The van der Waals surface area contributed by atoms with Crippen LogP contribution in [-0.2, 0) is 43.2 Å². The lowest BCUT2D eigenvalue weighted by Gasteiger charge is -2.30. The largest absolute Gasteiger partial charge is 0.481 e. The quantitative estimate of drug-likeness (QED) is 0.0364. The molecule has 0 aliphatic carbocycles. The van der Waals surface area contributed by atoms with Crippen LogP contribution < -0.4 is 43.4 Å². The number of nitrogens with two attached hydrogens (primary N) is 2. The Bertz CT molecular complexity index is 1360. The fourth-order valence-electron chi connectivity index (χ4n) is 5.23. The lowest BCUT2D eigenvalue weighted by molar-refractivity contribution is -0.143. The maximum Gasteiger partial charge on any atom is 0.326 e. The molecule has 0 aliphatic rings. The first-order valence-electron chi connectivity index (χ1n) is 18.7. The molecule has 0 aromatic rings. The van der Waals surface area contributed by atoms with Crippen molar-refractivity contribution in [2.24, 2.45) is 29.2 Å². The summed E-state index contributed by atoms with van der Waals surface area (Å²) in [5.74, 6) is -11.0. The zero-order chi connectivity index (χ0) is 43.3. The van der Waals surface area contributed by atoms with Crippen LogP contribution in [0.3, 0.4) is 0 Å². The van der Waals surface area contributed by atoms with Gasteiger partial charge in [-0.15, -0.1) is 0 Å². The van der Waals surface area contributed by atoms with Crippen molar-refractivity contribution in [3.05, 3.63) is 0 Å². The van der Waals surface area contributed by atoms with Gasteiger partial charge in [0.2, 0.25) is 35.4 Å². The number of carboxylic acid groups (broad SMARTS) is 3. The highest BCUT2D eigenvalue weighted by Gasteiger charge is 2.36. The number of amides is 6.